The molecule has 0 radical (unpaired) electrons. The molecule has 0 saturated carbocycles. The molecule has 1 unspecified atom stereocenters. The normalized spacial score (nSPS) is 11.4. The molecule has 1 amide bonds. The molecule has 0 fully saturated rings. The highest BCUT2D eigenvalue weighted by Gasteiger charge is 2.19. The van der Waals surface area contributed by atoms with E-state index >= 15 is 0 Å². The second kappa shape index (κ2) is 9.69. The number of nitrogens with one attached hydrogen (secondary N) is 1. The van der Waals surface area contributed by atoms with Crippen molar-refractivity contribution in [1.29, 1.82) is 0 Å². The van der Waals surface area contributed by atoms with E-state index in [9.17, 15) is 9.59 Å². The summed E-state index contributed by atoms with van der Waals surface area (Å²) in [6.45, 7) is 0.988. The quantitative estimate of drug-likeness (QED) is 0.647. The molecule has 144 valence electrons. The van der Waals surface area contributed by atoms with E-state index in [0.717, 1.165) is 0 Å². The number of carbonyl (C=O) groups excluding carboxylic acids is 2. The summed E-state index contributed by atoms with van der Waals surface area (Å²) in [5.74, 6) is -0.182. The summed E-state index contributed by atoms with van der Waals surface area (Å²) < 4.78 is 15.4. The van der Waals surface area contributed by atoms with Gasteiger partial charge >= 0.3 is 5.97 Å². The van der Waals surface area contributed by atoms with Crippen LogP contribution in [0.25, 0.3) is 0 Å². The lowest BCUT2D eigenvalue weighted by Crippen LogP contribution is -2.29. The zero-order chi connectivity index (χ0) is 20.0. The predicted molar refractivity (Wildman–Crippen MR) is 104 cm³/mol. The third-order valence-corrected chi connectivity index (χ3v) is 4.14. The number of hydrogen-bond donors (Lipinski definition) is 1. The van der Waals surface area contributed by atoms with Gasteiger partial charge in [0.05, 0.1) is 22.8 Å². The molecular weight excluding hydrogens is 417 g/mol. The van der Waals surface area contributed by atoms with Crippen LogP contribution in [0.3, 0.4) is 0 Å². The maximum Gasteiger partial charge on any atom is 0.347 e. The molecule has 27 heavy (non-hydrogen) atoms. The fourth-order valence-corrected chi connectivity index (χ4v) is 2.91. The van der Waals surface area contributed by atoms with Crippen molar-refractivity contribution in [2.75, 3.05) is 19.0 Å². The number of halogens is 3. The zero-order valence-electron chi connectivity index (χ0n) is 14.4. The number of anilines is 1. The standard InChI is InChI=1S/C18H16Cl3NO5/c1-10(27-13-5-3-12(25-2)4-6-13)18(24)26-9-16(23)22-17-14(20)7-11(19)8-15(17)21/h3-8,10H,9H2,1-2H3,(H,22,23). The first kappa shape index (κ1) is 21.2. The van der Waals surface area contributed by atoms with E-state index < -0.39 is 24.6 Å². The minimum atomic E-state index is -0.908. The van der Waals surface area contributed by atoms with Gasteiger partial charge in [-0.25, -0.2) is 4.79 Å². The van der Waals surface area contributed by atoms with Gasteiger partial charge < -0.3 is 19.5 Å². The van der Waals surface area contributed by atoms with Gasteiger partial charge in [0, 0.05) is 5.02 Å². The average molecular weight is 433 g/mol. The molecule has 0 heterocycles. The summed E-state index contributed by atoms with van der Waals surface area (Å²) in [6.07, 6.45) is -0.908. The Balaban J connectivity index is 1.86. The second-order valence-corrected chi connectivity index (χ2v) is 6.59. The first-order valence-corrected chi connectivity index (χ1v) is 8.85. The van der Waals surface area contributed by atoms with Crippen molar-refractivity contribution in [1.82, 2.24) is 0 Å². The van der Waals surface area contributed by atoms with Crippen LogP contribution in [0, 0.1) is 0 Å². The van der Waals surface area contributed by atoms with Crippen LogP contribution in [0.1, 0.15) is 6.92 Å². The third kappa shape index (κ3) is 6.20. The highest BCUT2D eigenvalue weighted by molar-refractivity contribution is 6.42. The van der Waals surface area contributed by atoms with E-state index in [1.165, 1.54) is 19.1 Å². The van der Waals surface area contributed by atoms with Crippen LogP contribution in [0.4, 0.5) is 5.69 Å². The van der Waals surface area contributed by atoms with Crippen molar-refractivity contribution in [2.24, 2.45) is 0 Å². The van der Waals surface area contributed by atoms with Crippen molar-refractivity contribution in [3.63, 3.8) is 0 Å². The number of methoxy groups -OCH3 is 1. The van der Waals surface area contributed by atoms with Crippen LogP contribution in [0.5, 0.6) is 11.5 Å². The van der Waals surface area contributed by atoms with Gasteiger partial charge in [0.25, 0.3) is 5.91 Å². The van der Waals surface area contributed by atoms with E-state index in [1.807, 2.05) is 0 Å². The van der Waals surface area contributed by atoms with Crippen molar-refractivity contribution < 1.29 is 23.8 Å². The molecular formula is C18H16Cl3NO5. The molecule has 0 aromatic heterocycles. The topological polar surface area (TPSA) is 73.9 Å². The lowest BCUT2D eigenvalue weighted by molar-refractivity contribution is -0.153. The van der Waals surface area contributed by atoms with E-state index in [2.05, 4.69) is 5.32 Å². The molecule has 0 aliphatic heterocycles. The Labute approximate surface area is 171 Å². The monoisotopic (exact) mass is 431 g/mol. The molecule has 1 atom stereocenters. The maximum absolute atomic E-state index is 12.0. The number of ether oxygens (including phenoxy) is 3. The Kier molecular flexibility index (Phi) is 7.59. The third-order valence-electron chi connectivity index (χ3n) is 3.32. The Morgan fingerprint density at radius 2 is 1.59 bits per heavy atom. The Hall–Kier alpha value is -2.15. The van der Waals surface area contributed by atoms with Crippen molar-refractivity contribution in [2.45, 2.75) is 13.0 Å². The van der Waals surface area contributed by atoms with Gasteiger partial charge in [-0.05, 0) is 43.3 Å². The summed E-state index contributed by atoms with van der Waals surface area (Å²) in [7, 11) is 1.55. The number of benzene rings is 2. The van der Waals surface area contributed by atoms with Crippen LogP contribution in [-0.4, -0.2) is 31.7 Å². The molecule has 6 nitrogen and oxygen atoms in total. The van der Waals surface area contributed by atoms with Crippen LogP contribution in [0.15, 0.2) is 36.4 Å². The molecule has 2 rings (SSSR count). The van der Waals surface area contributed by atoms with E-state index in [4.69, 9.17) is 49.0 Å². The van der Waals surface area contributed by atoms with Gasteiger partial charge in [0.1, 0.15) is 11.5 Å². The van der Waals surface area contributed by atoms with Crippen molar-refractivity contribution >= 4 is 52.4 Å². The number of hydrogen-bond acceptors (Lipinski definition) is 5. The highest BCUT2D eigenvalue weighted by atomic mass is 35.5. The average Bonchev–Trinajstić information content (AvgIpc) is 2.63. The van der Waals surface area contributed by atoms with Gasteiger partial charge in [0.2, 0.25) is 0 Å². The van der Waals surface area contributed by atoms with Gasteiger partial charge in [-0.15, -0.1) is 0 Å². The first-order valence-electron chi connectivity index (χ1n) is 7.72. The summed E-state index contributed by atoms with van der Waals surface area (Å²) in [5.41, 5.74) is 0.186. The maximum atomic E-state index is 12.0. The van der Waals surface area contributed by atoms with Gasteiger partial charge in [0.15, 0.2) is 12.7 Å². The molecule has 1 N–H and O–H groups in total. The fourth-order valence-electron chi connectivity index (χ4n) is 2.00. The molecule has 2 aromatic carbocycles. The molecule has 9 heteroatoms. The first-order chi connectivity index (χ1) is 12.8. The van der Waals surface area contributed by atoms with E-state index in [0.29, 0.717) is 16.5 Å². The van der Waals surface area contributed by atoms with Crippen molar-refractivity contribution in [3.8, 4) is 11.5 Å². The SMILES string of the molecule is COc1ccc(OC(C)C(=O)OCC(=O)Nc2c(Cl)cc(Cl)cc2Cl)cc1. The molecule has 2 aromatic rings. The lowest BCUT2D eigenvalue weighted by Gasteiger charge is -2.14. The number of rotatable bonds is 7. The summed E-state index contributed by atoms with van der Waals surface area (Å²) >= 11 is 17.8. The van der Waals surface area contributed by atoms with Crippen LogP contribution in [-0.2, 0) is 14.3 Å². The Bertz CT molecular complexity index is 803. The number of amides is 1. The number of esters is 1. The van der Waals surface area contributed by atoms with Gasteiger partial charge in [-0.3, -0.25) is 4.79 Å². The van der Waals surface area contributed by atoms with Crippen LogP contribution in [0.2, 0.25) is 15.1 Å². The minimum absolute atomic E-state index is 0.170. The zero-order valence-corrected chi connectivity index (χ0v) is 16.7. The lowest BCUT2D eigenvalue weighted by atomic mass is 10.3. The second-order valence-electron chi connectivity index (χ2n) is 5.34. The molecule has 0 saturated heterocycles. The van der Waals surface area contributed by atoms with Crippen LogP contribution < -0.4 is 14.8 Å². The van der Waals surface area contributed by atoms with Gasteiger partial charge in [-0.2, -0.15) is 0 Å². The molecule has 0 spiro atoms. The minimum Gasteiger partial charge on any atom is -0.497 e. The smallest absolute Gasteiger partial charge is 0.347 e. The Morgan fingerprint density at radius 1 is 1.04 bits per heavy atom. The predicted octanol–water partition coefficient (Wildman–Crippen LogP) is 4.60. The van der Waals surface area contributed by atoms with E-state index in [-0.39, 0.29) is 15.7 Å². The Morgan fingerprint density at radius 3 is 2.15 bits per heavy atom. The highest BCUT2D eigenvalue weighted by Crippen LogP contribution is 2.33. The fraction of sp³-hybridized carbons (Fsp3) is 0.222. The van der Waals surface area contributed by atoms with E-state index in [1.54, 1.807) is 31.4 Å². The molecule has 0 bridgehead atoms. The van der Waals surface area contributed by atoms with Crippen LogP contribution >= 0.6 is 34.8 Å². The van der Waals surface area contributed by atoms with Gasteiger partial charge in [-0.1, -0.05) is 34.8 Å². The molecule has 0 aliphatic carbocycles. The summed E-state index contributed by atoms with van der Waals surface area (Å²) in [4.78, 5) is 23.9. The molecule has 0 aliphatic rings. The number of carbonyl (C=O) groups is 2. The largest absolute Gasteiger partial charge is 0.497 e. The van der Waals surface area contributed by atoms with Crippen molar-refractivity contribution in [3.05, 3.63) is 51.5 Å². The summed E-state index contributed by atoms with van der Waals surface area (Å²) in [6, 6.07) is 9.56. The summed E-state index contributed by atoms with van der Waals surface area (Å²) in [5, 5.41) is 3.14.